The molecular formula is C23H22N4O4S. The Morgan fingerprint density at radius 3 is 2.31 bits per heavy atom. The van der Waals surface area contributed by atoms with Crippen LogP contribution in [0.25, 0.3) is 16.5 Å². The molecule has 3 rings (SSSR count). The zero-order valence-corrected chi connectivity index (χ0v) is 17.8. The van der Waals surface area contributed by atoms with Crippen LogP contribution < -0.4 is 22.1 Å². The van der Waals surface area contributed by atoms with E-state index in [1.165, 1.54) is 11.3 Å². The summed E-state index contributed by atoms with van der Waals surface area (Å²) in [5, 5.41) is 15.2. The van der Waals surface area contributed by atoms with Crippen LogP contribution in [0.2, 0.25) is 0 Å². The zero-order chi connectivity index (χ0) is 23.1. The molecule has 0 unspecified atom stereocenters. The summed E-state index contributed by atoms with van der Waals surface area (Å²) < 4.78 is 0. The molecule has 8 nitrogen and oxygen atoms in total. The molecule has 1 atom stereocenters. The number of urea groups is 1. The van der Waals surface area contributed by atoms with Crippen molar-refractivity contribution in [2.45, 2.75) is 6.04 Å². The third-order valence-corrected chi connectivity index (χ3v) is 5.66. The van der Waals surface area contributed by atoms with E-state index in [2.05, 4.69) is 10.6 Å². The lowest BCUT2D eigenvalue weighted by atomic mass is 10.1. The lowest BCUT2D eigenvalue weighted by Gasteiger charge is -2.13. The minimum absolute atomic E-state index is 0.199. The van der Waals surface area contributed by atoms with Gasteiger partial charge in [-0.15, -0.1) is 11.3 Å². The standard InChI is InChI=1S/C23H22N4O4S/c24-20(28)17-13-18(32-21(17)27-23(25)31)15-10-8-14(9-11-15)5-4-12-26-19(22(29)30)16-6-2-1-3-7-16/h1-11,13,19,26H,12H2,(H2,24,28)(H,29,30)(H3,25,27,31)/t19-/m0/s1. The van der Waals surface area contributed by atoms with Crippen LogP contribution in [-0.2, 0) is 4.79 Å². The molecule has 0 aliphatic heterocycles. The summed E-state index contributed by atoms with van der Waals surface area (Å²) in [4.78, 5) is 35.0. The Kier molecular flexibility index (Phi) is 7.37. The van der Waals surface area contributed by atoms with Crippen LogP contribution in [0.15, 0.2) is 66.7 Å². The normalized spacial score (nSPS) is 11.9. The van der Waals surface area contributed by atoms with Crippen molar-refractivity contribution in [2.24, 2.45) is 11.5 Å². The topological polar surface area (TPSA) is 148 Å². The van der Waals surface area contributed by atoms with E-state index < -0.39 is 23.9 Å². The van der Waals surface area contributed by atoms with Gasteiger partial charge in [-0.25, -0.2) is 4.79 Å². The van der Waals surface area contributed by atoms with E-state index in [-0.39, 0.29) is 5.56 Å². The molecule has 0 fully saturated rings. The Balaban J connectivity index is 1.66. The summed E-state index contributed by atoms with van der Waals surface area (Å²) in [5.41, 5.74) is 13.2. The van der Waals surface area contributed by atoms with Crippen molar-refractivity contribution in [3.63, 3.8) is 0 Å². The molecule has 9 heteroatoms. The molecule has 0 aliphatic carbocycles. The number of carboxylic acids is 1. The summed E-state index contributed by atoms with van der Waals surface area (Å²) in [6, 6.07) is 16.6. The van der Waals surface area contributed by atoms with Crippen molar-refractivity contribution >= 4 is 40.3 Å². The maximum Gasteiger partial charge on any atom is 0.325 e. The number of hydrogen-bond donors (Lipinski definition) is 5. The molecule has 0 saturated carbocycles. The summed E-state index contributed by atoms with van der Waals surface area (Å²) in [5.74, 6) is -1.59. The fraction of sp³-hybridized carbons (Fsp3) is 0.0870. The fourth-order valence-corrected chi connectivity index (χ4v) is 4.13. The smallest absolute Gasteiger partial charge is 0.325 e. The molecule has 164 valence electrons. The van der Waals surface area contributed by atoms with Crippen molar-refractivity contribution in [3.8, 4) is 10.4 Å². The quantitative estimate of drug-likeness (QED) is 0.339. The number of benzene rings is 2. The van der Waals surface area contributed by atoms with E-state index >= 15 is 0 Å². The van der Waals surface area contributed by atoms with E-state index in [4.69, 9.17) is 11.5 Å². The van der Waals surface area contributed by atoms with Gasteiger partial charge in [0.25, 0.3) is 5.91 Å². The van der Waals surface area contributed by atoms with Crippen molar-refractivity contribution in [2.75, 3.05) is 11.9 Å². The largest absolute Gasteiger partial charge is 0.480 e. The first-order chi connectivity index (χ1) is 15.3. The van der Waals surface area contributed by atoms with E-state index in [0.29, 0.717) is 17.1 Å². The lowest BCUT2D eigenvalue weighted by molar-refractivity contribution is -0.139. The second kappa shape index (κ2) is 10.4. The average Bonchev–Trinajstić information content (AvgIpc) is 3.18. The molecule has 0 saturated heterocycles. The van der Waals surface area contributed by atoms with Crippen molar-refractivity contribution in [3.05, 3.63) is 83.4 Å². The molecule has 2 aromatic carbocycles. The highest BCUT2D eigenvalue weighted by molar-refractivity contribution is 7.20. The number of rotatable bonds is 9. The van der Waals surface area contributed by atoms with Gasteiger partial charge in [0, 0.05) is 11.4 Å². The number of anilines is 1. The number of nitrogens with two attached hydrogens (primary N) is 2. The van der Waals surface area contributed by atoms with Crippen molar-refractivity contribution < 1.29 is 19.5 Å². The second-order valence-corrected chi connectivity index (χ2v) is 7.87. The van der Waals surface area contributed by atoms with Crippen LogP contribution in [0, 0.1) is 0 Å². The Morgan fingerprint density at radius 1 is 1.03 bits per heavy atom. The molecule has 0 spiro atoms. The van der Waals surface area contributed by atoms with Crippen LogP contribution in [0.3, 0.4) is 0 Å². The fourth-order valence-electron chi connectivity index (χ4n) is 3.05. The van der Waals surface area contributed by atoms with E-state index in [1.54, 1.807) is 30.3 Å². The number of thiophene rings is 1. The van der Waals surface area contributed by atoms with Gasteiger partial charge in [-0.3, -0.25) is 20.2 Å². The van der Waals surface area contributed by atoms with Crippen LogP contribution in [0.4, 0.5) is 9.80 Å². The number of carbonyl (C=O) groups excluding carboxylic acids is 2. The molecular weight excluding hydrogens is 428 g/mol. The Hall–Kier alpha value is -3.95. The molecule has 1 aromatic heterocycles. The molecule has 3 aromatic rings. The van der Waals surface area contributed by atoms with Gasteiger partial charge in [-0.05, 0) is 22.8 Å². The Morgan fingerprint density at radius 2 is 1.72 bits per heavy atom. The van der Waals surface area contributed by atoms with Gasteiger partial charge in [0.1, 0.15) is 11.0 Å². The second-order valence-electron chi connectivity index (χ2n) is 6.82. The summed E-state index contributed by atoms with van der Waals surface area (Å²) in [6.45, 7) is 0.378. The minimum atomic E-state index is -0.939. The predicted octanol–water partition coefficient (Wildman–Crippen LogP) is 3.43. The highest BCUT2D eigenvalue weighted by Crippen LogP contribution is 2.35. The first-order valence-electron chi connectivity index (χ1n) is 9.63. The number of hydrogen-bond acceptors (Lipinski definition) is 5. The van der Waals surface area contributed by atoms with Gasteiger partial charge in [-0.1, -0.05) is 66.7 Å². The molecule has 0 bridgehead atoms. The van der Waals surface area contributed by atoms with E-state index in [1.807, 2.05) is 42.5 Å². The first-order valence-corrected chi connectivity index (χ1v) is 10.4. The third kappa shape index (κ3) is 5.81. The number of nitrogens with one attached hydrogen (secondary N) is 2. The highest BCUT2D eigenvalue weighted by atomic mass is 32.1. The number of primary amides is 2. The van der Waals surface area contributed by atoms with Gasteiger partial charge in [-0.2, -0.15) is 0 Å². The summed E-state index contributed by atoms with van der Waals surface area (Å²) in [7, 11) is 0. The monoisotopic (exact) mass is 450 g/mol. The van der Waals surface area contributed by atoms with Crippen LogP contribution in [0.1, 0.15) is 27.5 Å². The number of amides is 3. The minimum Gasteiger partial charge on any atom is -0.480 e. The number of aliphatic carboxylic acids is 1. The Labute approximate surface area is 188 Å². The average molecular weight is 451 g/mol. The van der Waals surface area contributed by atoms with Gasteiger partial charge < -0.3 is 16.6 Å². The summed E-state index contributed by atoms with van der Waals surface area (Å²) >= 11 is 1.20. The van der Waals surface area contributed by atoms with E-state index in [0.717, 1.165) is 16.0 Å². The van der Waals surface area contributed by atoms with Crippen LogP contribution in [-0.4, -0.2) is 29.6 Å². The maximum atomic E-state index is 11.6. The molecule has 0 aliphatic rings. The molecule has 7 N–H and O–H groups in total. The predicted molar refractivity (Wildman–Crippen MR) is 125 cm³/mol. The highest BCUT2D eigenvalue weighted by Gasteiger charge is 2.18. The van der Waals surface area contributed by atoms with Gasteiger partial charge >= 0.3 is 12.0 Å². The Bertz CT molecular complexity index is 1140. The van der Waals surface area contributed by atoms with Crippen molar-refractivity contribution in [1.29, 1.82) is 0 Å². The summed E-state index contributed by atoms with van der Waals surface area (Å²) in [6.07, 6.45) is 3.73. The van der Waals surface area contributed by atoms with Gasteiger partial charge in [0.15, 0.2) is 0 Å². The van der Waals surface area contributed by atoms with Gasteiger partial charge in [0.05, 0.1) is 5.56 Å². The molecule has 32 heavy (non-hydrogen) atoms. The zero-order valence-electron chi connectivity index (χ0n) is 16.9. The SMILES string of the molecule is NC(=O)Nc1sc(-c2ccc(C=CCN[C@H](C(=O)O)c3ccccc3)cc2)cc1C(N)=O. The molecule has 0 radical (unpaired) electrons. The van der Waals surface area contributed by atoms with E-state index in [9.17, 15) is 19.5 Å². The molecule has 1 heterocycles. The van der Waals surface area contributed by atoms with Crippen molar-refractivity contribution in [1.82, 2.24) is 5.32 Å². The first kappa shape index (κ1) is 22.7. The number of carbonyl (C=O) groups is 3. The number of carboxylic acid groups (broad SMARTS) is 1. The maximum absolute atomic E-state index is 11.6. The lowest BCUT2D eigenvalue weighted by Crippen LogP contribution is -2.28. The third-order valence-electron chi connectivity index (χ3n) is 4.56. The van der Waals surface area contributed by atoms with Crippen LogP contribution in [0.5, 0.6) is 0 Å². The van der Waals surface area contributed by atoms with Gasteiger partial charge in [0.2, 0.25) is 0 Å². The molecule has 3 amide bonds. The van der Waals surface area contributed by atoms with Crippen LogP contribution >= 0.6 is 11.3 Å².